The molecule has 1 aliphatic carbocycles. The zero-order valence-electron chi connectivity index (χ0n) is 11.6. The van der Waals surface area contributed by atoms with Crippen molar-refractivity contribution in [2.24, 2.45) is 22.5 Å². The van der Waals surface area contributed by atoms with E-state index in [2.05, 4.69) is 34.6 Å². The van der Waals surface area contributed by atoms with Crippen LogP contribution in [0.1, 0.15) is 60.3 Å². The van der Waals surface area contributed by atoms with E-state index in [1.807, 2.05) is 0 Å². The highest BCUT2D eigenvalue weighted by Crippen LogP contribution is 2.54. The van der Waals surface area contributed by atoms with E-state index >= 15 is 0 Å². The second kappa shape index (κ2) is 4.30. The van der Waals surface area contributed by atoms with E-state index in [0.717, 1.165) is 12.8 Å². The van der Waals surface area contributed by atoms with Crippen molar-refractivity contribution in [1.29, 1.82) is 0 Å². The van der Waals surface area contributed by atoms with Crippen LogP contribution in [0.4, 0.5) is 0 Å². The smallest absolute Gasteiger partial charge is 0.0437 e. The molecule has 0 aromatic heterocycles. The molecule has 96 valence electrons. The average Bonchev–Trinajstić information content (AvgIpc) is 2.07. The van der Waals surface area contributed by atoms with Crippen LogP contribution in [0, 0.1) is 16.7 Å². The highest BCUT2D eigenvalue weighted by atomic mass is 16.3. The molecule has 0 aromatic carbocycles. The molecule has 0 radical (unpaired) electrons. The molecule has 2 nitrogen and oxygen atoms in total. The van der Waals surface area contributed by atoms with Gasteiger partial charge < -0.3 is 10.8 Å². The fraction of sp³-hybridized carbons (Fsp3) is 1.00. The predicted octanol–water partition coefficient (Wildman–Crippen LogP) is 2.94. The first-order valence-electron chi connectivity index (χ1n) is 6.54. The maximum atomic E-state index is 9.34. The van der Waals surface area contributed by atoms with Gasteiger partial charge in [0.05, 0.1) is 0 Å². The molecule has 1 fully saturated rings. The Morgan fingerprint density at radius 1 is 1.31 bits per heavy atom. The Bertz CT molecular complexity index is 242. The fourth-order valence-electron chi connectivity index (χ4n) is 3.78. The molecular formula is C14H29NO. The lowest BCUT2D eigenvalue weighted by molar-refractivity contribution is -0.0342. The van der Waals surface area contributed by atoms with Crippen LogP contribution in [0.15, 0.2) is 0 Å². The molecule has 0 heterocycles. The van der Waals surface area contributed by atoms with Gasteiger partial charge in [-0.15, -0.1) is 0 Å². The molecular weight excluding hydrogens is 198 g/mol. The molecule has 0 saturated heterocycles. The summed E-state index contributed by atoms with van der Waals surface area (Å²) in [7, 11) is 0. The van der Waals surface area contributed by atoms with Crippen LogP contribution in [0.2, 0.25) is 0 Å². The van der Waals surface area contributed by atoms with Gasteiger partial charge >= 0.3 is 0 Å². The summed E-state index contributed by atoms with van der Waals surface area (Å²) >= 11 is 0. The Labute approximate surface area is 101 Å². The van der Waals surface area contributed by atoms with E-state index in [-0.39, 0.29) is 17.6 Å². The fourth-order valence-corrected chi connectivity index (χ4v) is 3.78. The van der Waals surface area contributed by atoms with E-state index in [0.29, 0.717) is 11.3 Å². The zero-order valence-corrected chi connectivity index (χ0v) is 11.6. The van der Waals surface area contributed by atoms with Crippen molar-refractivity contribution in [3.63, 3.8) is 0 Å². The van der Waals surface area contributed by atoms with Gasteiger partial charge in [0.25, 0.3) is 0 Å². The van der Waals surface area contributed by atoms with E-state index in [4.69, 9.17) is 5.73 Å². The molecule has 2 heteroatoms. The van der Waals surface area contributed by atoms with Crippen LogP contribution in [0.5, 0.6) is 0 Å². The summed E-state index contributed by atoms with van der Waals surface area (Å²) in [5.41, 5.74) is 6.74. The topological polar surface area (TPSA) is 46.2 Å². The zero-order chi connectivity index (χ0) is 12.6. The summed E-state index contributed by atoms with van der Waals surface area (Å²) in [5, 5.41) is 9.34. The standard InChI is InChI=1S/C14H29NO/c1-11-10-12(2,3)6-7-14(11,8-9-16)13(4,5)15/h11,16H,6-10,15H2,1-5H3. The molecule has 1 rings (SSSR count). The van der Waals surface area contributed by atoms with E-state index in [9.17, 15) is 5.11 Å². The maximum Gasteiger partial charge on any atom is 0.0437 e. The van der Waals surface area contributed by atoms with Gasteiger partial charge in [-0.05, 0) is 56.3 Å². The van der Waals surface area contributed by atoms with E-state index in [1.54, 1.807) is 0 Å². The van der Waals surface area contributed by atoms with Gasteiger partial charge in [0.2, 0.25) is 0 Å². The number of aliphatic hydroxyl groups excluding tert-OH is 1. The summed E-state index contributed by atoms with van der Waals surface area (Å²) in [5.74, 6) is 0.586. The quantitative estimate of drug-likeness (QED) is 0.778. The van der Waals surface area contributed by atoms with Crippen molar-refractivity contribution in [1.82, 2.24) is 0 Å². The van der Waals surface area contributed by atoms with Crippen LogP contribution < -0.4 is 5.73 Å². The second-order valence-electron chi connectivity index (χ2n) is 7.12. The lowest BCUT2D eigenvalue weighted by Gasteiger charge is -2.55. The average molecular weight is 227 g/mol. The minimum absolute atomic E-state index is 0.108. The van der Waals surface area contributed by atoms with Crippen molar-refractivity contribution in [3.8, 4) is 0 Å². The minimum atomic E-state index is -0.203. The summed E-state index contributed by atoms with van der Waals surface area (Å²) in [6.07, 6.45) is 4.42. The van der Waals surface area contributed by atoms with E-state index < -0.39 is 0 Å². The Kier molecular flexibility index (Phi) is 3.76. The van der Waals surface area contributed by atoms with Gasteiger partial charge in [-0.2, -0.15) is 0 Å². The van der Waals surface area contributed by atoms with Gasteiger partial charge in [0.15, 0.2) is 0 Å². The SMILES string of the molecule is CC1CC(C)(C)CCC1(CCO)C(C)(C)N. The van der Waals surface area contributed by atoms with Crippen LogP contribution in [-0.2, 0) is 0 Å². The molecule has 1 aliphatic rings. The summed E-state index contributed by atoms with van der Waals surface area (Å²) in [6.45, 7) is 11.5. The Morgan fingerprint density at radius 2 is 1.88 bits per heavy atom. The molecule has 2 atom stereocenters. The molecule has 0 bridgehead atoms. The molecule has 16 heavy (non-hydrogen) atoms. The van der Waals surface area contributed by atoms with Gasteiger partial charge in [-0.25, -0.2) is 0 Å². The van der Waals surface area contributed by atoms with Gasteiger partial charge in [-0.1, -0.05) is 20.8 Å². The lowest BCUT2D eigenvalue weighted by atomic mass is 9.52. The number of nitrogens with two attached hydrogens (primary N) is 1. The normalized spacial score (nSPS) is 35.1. The maximum absolute atomic E-state index is 9.34. The van der Waals surface area contributed by atoms with Crippen molar-refractivity contribution in [2.45, 2.75) is 65.8 Å². The first kappa shape index (κ1) is 14.0. The van der Waals surface area contributed by atoms with Crippen molar-refractivity contribution in [2.75, 3.05) is 6.61 Å². The summed E-state index contributed by atoms with van der Waals surface area (Å²) in [6, 6.07) is 0. The number of aliphatic hydroxyl groups is 1. The first-order chi connectivity index (χ1) is 7.15. The second-order valence-corrected chi connectivity index (χ2v) is 7.12. The molecule has 0 aliphatic heterocycles. The molecule has 0 amide bonds. The monoisotopic (exact) mass is 227 g/mol. The van der Waals surface area contributed by atoms with Gasteiger partial charge in [0, 0.05) is 12.1 Å². The third-order valence-corrected chi connectivity index (χ3v) is 4.89. The third kappa shape index (κ3) is 2.43. The summed E-state index contributed by atoms with van der Waals surface area (Å²) < 4.78 is 0. The number of hydrogen-bond donors (Lipinski definition) is 2. The van der Waals surface area contributed by atoms with Crippen LogP contribution in [0.3, 0.4) is 0 Å². The Hall–Kier alpha value is -0.0800. The molecule has 3 N–H and O–H groups in total. The largest absolute Gasteiger partial charge is 0.396 e. The summed E-state index contributed by atoms with van der Waals surface area (Å²) in [4.78, 5) is 0. The highest BCUT2D eigenvalue weighted by molar-refractivity contribution is 5.03. The Balaban J connectivity index is 2.96. The van der Waals surface area contributed by atoms with Crippen LogP contribution in [-0.4, -0.2) is 17.3 Å². The third-order valence-electron chi connectivity index (χ3n) is 4.89. The van der Waals surface area contributed by atoms with Crippen molar-refractivity contribution >= 4 is 0 Å². The minimum Gasteiger partial charge on any atom is -0.396 e. The van der Waals surface area contributed by atoms with Crippen molar-refractivity contribution in [3.05, 3.63) is 0 Å². The van der Waals surface area contributed by atoms with Gasteiger partial charge in [-0.3, -0.25) is 0 Å². The first-order valence-corrected chi connectivity index (χ1v) is 6.54. The van der Waals surface area contributed by atoms with Crippen LogP contribution >= 0.6 is 0 Å². The molecule has 0 spiro atoms. The Morgan fingerprint density at radius 3 is 2.25 bits per heavy atom. The molecule has 1 saturated carbocycles. The number of hydrogen-bond acceptors (Lipinski definition) is 2. The van der Waals surface area contributed by atoms with Gasteiger partial charge in [0.1, 0.15) is 0 Å². The van der Waals surface area contributed by atoms with Crippen LogP contribution in [0.25, 0.3) is 0 Å². The lowest BCUT2D eigenvalue weighted by Crippen LogP contribution is -2.57. The molecule has 0 aromatic rings. The molecule has 2 unspecified atom stereocenters. The predicted molar refractivity (Wildman–Crippen MR) is 69.2 cm³/mol. The van der Waals surface area contributed by atoms with E-state index in [1.165, 1.54) is 12.8 Å². The highest BCUT2D eigenvalue weighted by Gasteiger charge is 2.50. The number of rotatable bonds is 3. The van der Waals surface area contributed by atoms with Crippen molar-refractivity contribution < 1.29 is 5.11 Å².